The molecule has 2 heterocycles. The van der Waals surface area contributed by atoms with Crippen LogP contribution in [0.3, 0.4) is 0 Å². The van der Waals surface area contributed by atoms with Crippen LogP contribution in [0.1, 0.15) is 0 Å². The van der Waals surface area contributed by atoms with Crippen molar-refractivity contribution in [1.82, 2.24) is 9.97 Å². The fourth-order valence-electron chi connectivity index (χ4n) is 1.77. The zero-order valence-corrected chi connectivity index (χ0v) is 13.8. The van der Waals surface area contributed by atoms with Crippen molar-refractivity contribution in [2.45, 2.75) is 0 Å². The molecule has 0 aliphatic heterocycles. The van der Waals surface area contributed by atoms with Crippen molar-refractivity contribution >= 4 is 39.3 Å². The van der Waals surface area contributed by atoms with Crippen molar-refractivity contribution in [2.75, 3.05) is 12.4 Å². The average molecular weight is 364 g/mol. The molecule has 0 aliphatic rings. The van der Waals surface area contributed by atoms with Crippen LogP contribution in [0.4, 0.5) is 10.9 Å². The Morgan fingerprint density at radius 1 is 1.10 bits per heavy atom. The van der Waals surface area contributed by atoms with Crippen molar-refractivity contribution in [2.24, 2.45) is 0 Å². The summed E-state index contributed by atoms with van der Waals surface area (Å²) in [7, 11) is 1.66. The number of thiazole rings is 1. The maximum atomic E-state index is 5.15. The number of nitrogens with zero attached hydrogens (tertiary/aromatic N) is 2. The molecule has 2 aromatic heterocycles. The van der Waals surface area contributed by atoms with Gasteiger partial charge in [-0.15, -0.1) is 28.3 Å². The summed E-state index contributed by atoms with van der Waals surface area (Å²) in [5.41, 5.74) is 2.01. The zero-order chi connectivity index (χ0) is 13.8. The Kier molecular flexibility index (Phi) is 5.30. The quantitative estimate of drug-likeness (QED) is 0.739. The second-order valence-electron chi connectivity index (χ2n) is 4.11. The van der Waals surface area contributed by atoms with Crippen LogP contribution in [-0.2, 0) is 0 Å². The van der Waals surface area contributed by atoms with Gasteiger partial charge in [-0.1, -0.05) is 6.07 Å². The maximum Gasteiger partial charge on any atom is 0.188 e. The minimum atomic E-state index is 0. The number of hydrogen-bond acceptors (Lipinski definition) is 5. The van der Waals surface area contributed by atoms with E-state index in [4.69, 9.17) is 4.74 Å². The van der Waals surface area contributed by atoms with Gasteiger partial charge in [0.1, 0.15) is 11.6 Å². The molecular weight excluding hydrogens is 350 g/mol. The van der Waals surface area contributed by atoms with Crippen molar-refractivity contribution in [1.29, 1.82) is 0 Å². The smallest absolute Gasteiger partial charge is 0.188 e. The van der Waals surface area contributed by atoms with Gasteiger partial charge in [0.25, 0.3) is 0 Å². The molecular formula is C15H14BrN3OS. The fourth-order valence-corrected chi connectivity index (χ4v) is 2.50. The monoisotopic (exact) mass is 363 g/mol. The Balaban J connectivity index is 0.00000161. The lowest BCUT2D eigenvalue weighted by Crippen LogP contribution is -1.91. The number of pyridine rings is 1. The second-order valence-corrected chi connectivity index (χ2v) is 4.96. The lowest BCUT2D eigenvalue weighted by Gasteiger charge is -2.01. The van der Waals surface area contributed by atoms with Crippen molar-refractivity contribution in [3.8, 4) is 17.0 Å². The summed E-state index contributed by atoms with van der Waals surface area (Å²) in [5.74, 6) is 1.64. The summed E-state index contributed by atoms with van der Waals surface area (Å²) in [6.07, 6.45) is 1.75. The lowest BCUT2D eigenvalue weighted by molar-refractivity contribution is 0.415. The maximum absolute atomic E-state index is 5.15. The van der Waals surface area contributed by atoms with E-state index in [1.54, 1.807) is 24.6 Å². The van der Waals surface area contributed by atoms with Crippen LogP contribution < -0.4 is 10.1 Å². The molecule has 4 nitrogen and oxygen atoms in total. The van der Waals surface area contributed by atoms with Crippen LogP contribution >= 0.6 is 28.3 Å². The van der Waals surface area contributed by atoms with Crippen molar-refractivity contribution < 1.29 is 4.74 Å². The molecule has 0 saturated heterocycles. The molecule has 0 radical (unpaired) electrons. The summed E-state index contributed by atoms with van der Waals surface area (Å²) in [5, 5.41) is 6.04. The van der Waals surface area contributed by atoms with E-state index in [1.807, 2.05) is 47.8 Å². The Bertz CT molecular complexity index is 686. The molecule has 0 unspecified atom stereocenters. The van der Waals surface area contributed by atoms with E-state index in [0.29, 0.717) is 0 Å². The van der Waals surface area contributed by atoms with Gasteiger partial charge in [0.15, 0.2) is 5.13 Å². The molecule has 6 heteroatoms. The van der Waals surface area contributed by atoms with Gasteiger partial charge in [-0.05, 0) is 36.4 Å². The van der Waals surface area contributed by atoms with E-state index in [1.165, 1.54) is 0 Å². The van der Waals surface area contributed by atoms with Gasteiger partial charge in [-0.2, -0.15) is 0 Å². The topological polar surface area (TPSA) is 47.0 Å². The highest BCUT2D eigenvalue weighted by atomic mass is 79.9. The molecule has 0 saturated carbocycles. The van der Waals surface area contributed by atoms with E-state index in [9.17, 15) is 0 Å². The van der Waals surface area contributed by atoms with Crippen LogP contribution in [0.25, 0.3) is 11.3 Å². The number of nitrogens with one attached hydrogen (secondary N) is 1. The van der Waals surface area contributed by atoms with Gasteiger partial charge in [-0.3, -0.25) is 0 Å². The molecule has 0 bridgehead atoms. The van der Waals surface area contributed by atoms with Gasteiger partial charge in [0.2, 0.25) is 0 Å². The first-order valence-electron chi connectivity index (χ1n) is 6.13. The van der Waals surface area contributed by atoms with Gasteiger partial charge in [0.05, 0.1) is 12.8 Å². The summed E-state index contributed by atoms with van der Waals surface area (Å²) in [6.45, 7) is 0. The third-order valence-electron chi connectivity index (χ3n) is 2.79. The van der Waals surface area contributed by atoms with Crippen LogP contribution in [0.2, 0.25) is 0 Å². The van der Waals surface area contributed by atoms with E-state index in [-0.39, 0.29) is 17.0 Å². The van der Waals surface area contributed by atoms with E-state index in [0.717, 1.165) is 28.0 Å². The van der Waals surface area contributed by atoms with Crippen LogP contribution in [0.15, 0.2) is 54.0 Å². The minimum Gasteiger partial charge on any atom is -0.497 e. The first kappa shape index (κ1) is 15.5. The number of halogens is 1. The normalized spacial score (nSPS) is 9.76. The number of methoxy groups -OCH3 is 1. The lowest BCUT2D eigenvalue weighted by atomic mass is 10.2. The third-order valence-corrected chi connectivity index (χ3v) is 3.55. The van der Waals surface area contributed by atoms with E-state index in [2.05, 4.69) is 15.3 Å². The molecule has 0 spiro atoms. The number of rotatable bonds is 4. The average Bonchev–Trinajstić information content (AvgIpc) is 2.97. The summed E-state index contributed by atoms with van der Waals surface area (Å²) in [6, 6.07) is 13.6. The second kappa shape index (κ2) is 7.19. The Morgan fingerprint density at radius 3 is 2.57 bits per heavy atom. The van der Waals surface area contributed by atoms with E-state index >= 15 is 0 Å². The highest BCUT2D eigenvalue weighted by Gasteiger charge is 2.05. The van der Waals surface area contributed by atoms with Gasteiger partial charge < -0.3 is 10.1 Å². The first-order chi connectivity index (χ1) is 9.85. The highest BCUT2D eigenvalue weighted by Crippen LogP contribution is 2.27. The Labute approximate surface area is 137 Å². The molecule has 108 valence electrons. The fraction of sp³-hybridized carbons (Fsp3) is 0.0667. The molecule has 0 atom stereocenters. The molecule has 21 heavy (non-hydrogen) atoms. The van der Waals surface area contributed by atoms with Crippen LogP contribution in [-0.4, -0.2) is 17.1 Å². The van der Waals surface area contributed by atoms with Crippen LogP contribution in [0.5, 0.6) is 5.75 Å². The minimum absolute atomic E-state index is 0. The number of aromatic nitrogens is 2. The van der Waals surface area contributed by atoms with E-state index < -0.39 is 0 Å². The predicted molar refractivity (Wildman–Crippen MR) is 91.9 cm³/mol. The summed E-state index contributed by atoms with van der Waals surface area (Å²) in [4.78, 5) is 8.78. The molecule has 0 aliphatic carbocycles. The third kappa shape index (κ3) is 3.80. The van der Waals surface area contributed by atoms with Gasteiger partial charge >= 0.3 is 0 Å². The Morgan fingerprint density at radius 2 is 1.90 bits per heavy atom. The van der Waals surface area contributed by atoms with Crippen molar-refractivity contribution in [3.63, 3.8) is 0 Å². The summed E-state index contributed by atoms with van der Waals surface area (Å²) >= 11 is 1.56. The standard InChI is InChI=1S/C15H13N3OS.BrH/c1-19-12-7-5-11(6-8-12)13-10-20-15(17-13)18-14-4-2-3-9-16-14;/h2-10H,1H3,(H,16,17,18);1H. The zero-order valence-electron chi connectivity index (χ0n) is 11.3. The molecule has 1 N–H and O–H groups in total. The van der Waals surface area contributed by atoms with Crippen LogP contribution in [0, 0.1) is 0 Å². The Hall–Kier alpha value is -1.92. The molecule has 0 amide bonds. The van der Waals surface area contributed by atoms with Crippen molar-refractivity contribution in [3.05, 3.63) is 54.0 Å². The van der Waals surface area contributed by atoms with Gasteiger partial charge in [-0.25, -0.2) is 9.97 Å². The molecule has 3 rings (SSSR count). The SMILES string of the molecule is Br.COc1ccc(-c2csc(Nc3ccccn3)n2)cc1. The highest BCUT2D eigenvalue weighted by molar-refractivity contribution is 8.93. The molecule has 3 aromatic rings. The largest absolute Gasteiger partial charge is 0.497 e. The van der Waals surface area contributed by atoms with Gasteiger partial charge in [0, 0.05) is 17.1 Å². The molecule has 1 aromatic carbocycles. The predicted octanol–water partition coefficient (Wildman–Crippen LogP) is 4.54. The molecule has 0 fully saturated rings. The number of hydrogen-bond donors (Lipinski definition) is 1. The number of benzene rings is 1. The number of anilines is 2. The first-order valence-corrected chi connectivity index (χ1v) is 7.01. The number of ether oxygens (including phenoxy) is 1. The summed E-state index contributed by atoms with van der Waals surface area (Å²) < 4.78 is 5.15.